The van der Waals surface area contributed by atoms with Crippen molar-refractivity contribution in [1.29, 1.82) is 0 Å². The third-order valence-electron chi connectivity index (χ3n) is 6.05. The molecule has 4 aromatic rings. The number of carbonyl (C=O) groups is 1. The molecule has 35 heavy (non-hydrogen) atoms. The molecular weight excluding hydrogens is 467 g/mol. The number of urea groups is 1. The number of amides is 2. The Morgan fingerprint density at radius 3 is 2.51 bits per heavy atom. The van der Waals surface area contributed by atoms with Gasteiger partial charge in [0.25, 0.3) is 5.89 Å². The quantitative estimate of drug-likeness (QED) is 0.341. The fourth-order valence-electron chi connectivity index (χ4n) is 4.14. The van der Waals surface area contributed by atoms with E-state index in [0.29, 0.717) is 38.9 Å². The predicted molar refractivity (Wildman–Crippen MR) is 133 cm³/mol. The van der Waals surface area contributed by atoms with E-state index in [1.165, 1.54) is 11.0 Å². The van der Waals surface area contributed by atoms with Crippen molar-refractivity contribution in [3.63, 3.8) is 0 Å². The first kappa shape index (κ1) is 22.8. The summed E-state index contributed by atoms with van der Waals surface area (Å²) in [4.78, 5) is 19.3. The van der Waals surface area contributed by atoms with Gasteiger partial charge in [-0.3, -0.25) is 4.90 Å². The molecule has 0 saturated carbocycles. The van der Waals surface area contributed by atoms with E-state index in [4.69, 9.17) is 16.1 Å². The number of carbonyl (C=O) groups excluding carboxylic acids is 1. The zero-order valence-corrected chi connectivity index (χ0v) is 20.1. The molecule has 0 spiro atoms. The molecule has 1 atom stereocenters. The Kier molecular flexibility index (Phi) is 5.86. The number of allylic oxidation sites excluding steroid dienone is 1. The number of aryl methyl sites for hydroxylation is 2. The monoisotopic (exact) mass is 488 g/mol. The van der Waals surface area contributed by atoms with Crippen molar-refractivity contribution in [2.75, 3.05) is 4.90 Å². The normalized spacial score (nSPS) is 16.0. The van der Waals surface area contributed by atoms with Crippen LogP contribution < -0.4 is 10.2 Å². The molecule has 5 rings (SSSR count). The summed E-state index contributed by atoms with van der Waals surface area (Å²) in [7, 11) is 0. The van der Waals surface area contributed by atoms with Gasteiger partial charge in [-0.25, -0.2) is 9.18 Å². The van der Waals surface area contributed by atoms with Crippen LogP contribution in [-0.4, -0.2) is 16.2 Å². The summed E-state index contributed by atoms with van der Waals surface area (Å²) in [6.07, 6.45) is 0. The molecule has 2 amide bonds. The number of nitrogens with one attached hydrogen (secondary N) is 1. The molecule has 1 aliphatic heterocycles. The van der Waals surface area contributed by atoms with E-state index < -0.39 is 11.9 Å². The molecule has 3 aromatic carbocycles. The average molecular weight is 489 g/mol. The summed E-state index contributed by atoms with van der Waals surface area (Å²) >= 11 is 6.14. The smallest absolute Gasteiger partial charge is 0.327 e. The Morgan fingerprint density at radius 1 is 1.03 bits per heavy atom. The summed E-state index contributed by atoms with van der Waals surface area (Å²) in [5.41, 5.74) is 4.73. The summed E-state index contributed by atoms with van der Waals surface area (Å²) in [6.45, 7) is 5.46. The Balaban J connectivity index is 1.66. The lowest BCUT2D eigenvalue weighted by molar-refractivity contribution is 0.244. The SMILES string of the molecule is CC1=C(c2nc(-c3cccc(Cl)c3)no2)C(c2ccc(C)cc2)NC(=O)N1c1ccc(C)c(F)c1. The van der Waals surface area contributed by atoms with Crippen molar-refractivity contribution in [1.82, 2.24) is 15.5 Å². The topological polar surface area (TPSA) is 71.3 Å². The third-order valence-corrected chi connectivity index (χ3v) is 6.28. The minimum absolute atomic E-state index is 0.251. The predicted octanol–water partition coefficient (Wildman–Crippen LogP) is 6.85. The van der Waals surface area contributed by atoms with E-state index in [1.807, 2.05) is 43.3 Å². The molecule has 6 nitrogen and oxygen atoms in total. The summed E-state index contributed by atoms with van der Waals surface area (Å²) in [5, 5.41) is 7.74. The molecule has 176 valence electrons. The molecule has 1 unspecified atom stereocenters. The van der Waals surface area contributed by atoms with Gasteiger partial charge in [0.05, 0.1) is 17.3 Å². The summed E-state index contributed by atoms with van der Waals surface area (Å²) < 4.78 is 20.1. The second kappa shape index (κ2) is 9.00. The van der Waals surface area contributed by atoms with Crippen molar-refractivity contribution in [2.24, 2.45) is 0 Å². The number of rotatable bonds is 4. The number of halogens is 2. The minimum atomic E-state index is -0.540. The van der Waals surface area contributed by atoms with Crippen LogP contribution in [0.4, 0.5) is 14.9 Å². The van der Waals surface area contributed by atoms with Crippen LogP contribution in [0.5, 0.6) is 0 Å². The maximum absolute atomic E-state index is 14.4. The van der Waals surface area contributed by atoms with E-state index in [2.05, 4.69) is 15.5 Å². The molecule has 8 heteroatoms. The molecule has 1 N–H and O–H groups in total. The average Bonchev–Trinajstić information content (AvgIpc) is 3.31. The molecule has 0 aliphatic carbocycles. The lowest BCUT2D eigenvalue weighted by Crippen LogP contribution is -2.46. The van der Waals surface area contributed by atoms with Gasteiger partial charge in [0, 0.05) is 16.3 Å². The molecule has 1 aliphatic rings. The first-order valence-corrected chi connectivity index (χ1v) is 11.4. The standard InChI is InChI=1S/C27H22ClFN4O2/c1-15-7-10-18(11-8-15)24-23(26-31-25(32-35-26)19-5-4-6-20(28)13-19)17(3)33(27(34)30-24)21-12-9-16(2)22(29)14-21/h4-14,24H,1-3H3,(H,30,34). The maximum Gasteiger partial charge on any atom is 0.327 e. The van der Waals surface area contributed by atoms with Crippen molar-refractivity contribution < 1.29 is 13.7 Å². The number of hydrogen-bond donors (Lipinski definition) is 1. The van der Waals surface area contributed by atoms with E-state index in [0.717, 1.165) is 11.1 Å². The van der Waals surface area contributed by atoms with Crippen molar-refractivity contribution in [2.45, 2.75) is 26.8 Å². The number of anilines is 1. The van der Waals surface area contributed by atoms with Gasteiger partial charge in [-0.1, -0.05) is 64.8 Å². The van der Waals surface area contributed by atoms with Crippen molar-refractivity contribution >= 4 is 28.9 Å². The van der Waals surface area contributed by atoms with Crippen molar-refractivity contribution in [3.05, 3.63) is 106 Å². The van der Waals surface area contributed by atoms with Crippen molar-refractivity contribution in [3.8, 4) is 11.4 Å². The lowest BCUT2D eigenvalue weighted by Gasteiger charge is -2.35. The number of benzene rings is 3. The fraction of sp³-hybridized carbons (Fsp3) is 0.148. The zero-order chi connectivity index (χ0) is 24.7. The van der Waals surface area contributed by atoms with Gasteiger partial charge < -0.3 is 9.84 Å². The number of nitrogens with zero attached hydrogens (tertiary/aromatic N) is 3. The van der Waals surface area contributed by atoms with Crippen LogP contribution >= 0.6 is 11.6 Å². The maximum atomic E-state index is 14.4. The van der Waals surface area contributed by atoms with Gasteiger partial charge in [0.2, 0.25) is 5.82 Å². The largest absolute Gasteiger partial charge is 0.334 e. The van der Waals surface area contributed by atoms with Crippen LogP contribution in [-0.2, 0) is 0 Å². The Labute approximate surface area is 207 Å². The fourth-order valence-corrected chi connectivity index (χ4v) is 4.33. The van der Waals surface area contributed by atoms with Crippen LogP contribution in [0.15, 0.2) is 77.0 Å². The van der Waals surface area contributed by atoms with E-state index in [-0.39, 0.29) is 11.9 Å². The second-order valence-corrected chi connectivity index (χ2v) is 8.93. The molecule has 0 bridgehead atoms. The summed E-state index contributed by atoms with van der Waals surface area (Å²) in [6, 6.07) is 18.8. The highest BCUT2D eigenvalue weighted by Crippen LogP contribution is 2.39. The van der Waals surface area contributed by atoms with Gasteiger partial charge in [-0.05, 0) is 56.2 Å². The highest BCUT2D eigenvalue weighted by atomic mass is 35.5. The molecule has 1 aromatic heterocycles. The van der Waals surface area contributed by atoms with E-state index >= 15 is 0 Å². The van der Waals surface area contributed by atoms with Crippen LogP contribution in [0.2, 0.25) is 5.02 Å². The molecular formula is C27H22ClFN4O2. The lowest BCUT2D eigenvalue weighted by atomic mass is 9.94. The molecule has 0 radical (unpaired) electrons. The first-order chi connectivity index (χ1) is 16.8. The van der Waals surface area contributed by atoms with Gasteiger partial charge in [-0.2, -0.15) is 4.98 Å². The van der Waals surface area contributed by atoms with Gasteiger partial charge in [0.1, 0.15) is 5.82 Å². The highest BCUT2D eigenvalue weighted by Gasteiger charge is 2.36. The van der Waals surface area contributed by atoms with Crippen LogP contribution in [0.1, 0.15) is 35.5 Å². The number of aromatic nitrogens is 2. The Bertz CT molecular complexity index is 1460. The van der Waals surface area contributed by atoms with Crippen LogP contribution in [0.25, 0.3) is 17.0 Å². The van der Waals surface area contributed by atoms with E-state index in [1.54, 1.807) is 38.1 Å². The van der Waals surface area contributed by atoms with Gasteiger partial charge in [-0.15, -0.1) is 0 Å². The van der Waals surface area contributed by atoms with Gasteiger partial charge in [0.15, 0.2) is 0 Å². The number of hydrogen-bond acceptors (Lipinski definition) is 4. The minimum Gasteiger partial charge on any atom is -0.334 e. The Morgan fingerprint density at radius 2 is 1.80 bits per heavy atom. The highest BCUT2D eigenvalue weighted by molar-refractivity contribution is 6.30. The molecule has 0 saturated heterocycles. The summed E-state index contributed by atoms with van der Waals surface area (Å²) in [5.74, 6) is 0.224. The Hall–Kier alpha value is -3.97. The van der Waals surface area contributed by atoms with Gasteiger partial charge >= 0.3 is 6.03 Å². The molecule has 0 fully saturated rings. The third kappa shape index (κ3) is 4.31. The zero-order valence-electron chi connectivity index (χ0n) is 19.3. The molecule has 2 heterocycles. The second-order valence-electron chi connectivity index (χ2n) is 8.49. The van der Waals surface area contributed by atoms with Crippen LogP contribution in [0, 0.1) is 19.7 Å². The van der Waals surface area contributed by atoms with E-state index in [9.17, 15) is 9.18 Å². The van der Waals surface area contributed by atoms with Crippen LogP contribution in [0.3, 0.4) is 0 Å². The first-order valence-electron chi connectivity index (χ1n) is 11.1.